The van der Waals surface area contributed by atoms with Gasteiger partial charge in [-0.05, 0) is 68.1 Å². The number of anilines is 1. The molecule has 0 aliphatic heterocycles. The van der Waals surface area contributed by atoms with E-state index < -0.39 is 22.5 Å². The van der Waals surface area contributed by atoms with Crippen LogP contribution in [0.5, 0.6) is 5.75 Å². The lowest BCUT2D eigenvalue weighted by Gasteiger charge is -2.24. The van der Waals surface area contributed by atoms with Gasteiger partial charge in [0, 0.05) is 10.7 Å². The van der Waals surface area contributed by atoms with Gasteiger partial charge in [0.05, 0.1) is 17.7 Å². The van der Waals surface area contributed by atoms with E-state index in [-0.39, 0.29) is 4.90 Å². The molecule has 2 aromatic rings. The number of rotatable bonds is 7. The Morgan fingerprint density at radius 2 is 1.83 bits per heavy atom. The van der Waals surface area contributed by atoms with Crippen LogP contribution in [0.1, 0.15) is 32.1 Å². The second-order valence-corrected chi connectivity index (χ2v) is 9.24. The van der Waals surface area contributed by atoms with Crippen LogP contribution in [0.2, 0.25) is 5.02 Å². The van der Waals surface area contributed by atoms with E-state index in [1.54, 1.807) is 30.3 Å². The fraction of sp³-hybridized carbons (Fsp3) is 0.333. The van der Waals surface area contributed by atoms with Gasteiger partial charge in [-0.2, -0.15) is 5.10 Å². The Bertz CT molecular complexity index is 1010. The Morgan fingerprint density at radius 1 is 1.13 bits per heavy atom. The van der Waals surface area contributed by atoms with E-state index in [0.29, 0.717) is 16.5 Å². The highest BCUT2D eigenvalue weighted by molar-refractivity contribution is 7.92. The van der Waals surface area contributed by atoms with Crippen LogP contribution < -0.4 is 14.5 Å². The average molecular weight is 450 g/mol. The second kappa shape index (κ2) is 9.95. The smallest absolute Gasteiger partial charge is 0.264 e. The Kier molecular flexibility index (Phi) is 7.33. The first-order valence-electron chi connectivity index (χ1n) is 9.67. The Labute approximate surface area is 181 Å². The lowest BCUT2D eigenvalue weighted by atomic mass is 9.99. The highest BCUT2D eigenvalue weighted by atomic mass is 35.5. The number of methoxy groups -OCH3 is 1. The van der Waals surface area contributed by atoms with Crippen molar-refractivity contribution < 1.29 is 17.9 Å². The van der Waals surface area contributed by atoms with E-state index in [9.17, 15) is 13.2 Å². The molecule has 1 fully saturated rings. The number of nitrogens with zero attached hydrogens (tertiary/aromatic N) is 2. The fourth-order valence-corrected chi connectivity index (χ4v) is 4.80. The van der Waals surface area contributed by atoms with Gasteiger partial charge < -0.3 is 4.74 Å². The van der Waals surface area contributed by atoms with Crippen molar-refractivity contribution in [3.63, 3.8) is 0 Å². The van der Waals surface area contributed by atoms with Crippen LogP contribution in [-0.2, 0) is 14.8 Å². The van der Waals surface area contributed by atoms with Crippen LogP contribution in [0.4, 0.5) is 5.69 Å². The molecule has 0 unspecified atom stereocenters. The molecule has 0 radical (unpaired) electrons. The number of sulfonamides is 1. The minimum atomic E-state index is -4.02. The number of nitrogens with one attached hydrogen (secondary N) is 1. The highest BCUT2D eigenvalue weighted by Gasteiger charge is 2.27. The summed E-state index contributed by atoms with van der Waals surface area (Å²) in [4.78, 5) is 12.6. The predicted molar refractivity (Wildman–Crippen MR) is 118 cm³/mol. The van der Waals surface area contributed by atoms with E-state index in [2.05, 4.69) is 10.5 Å². The first kappa shape index (κ1) is 22.1. The molecule has 0 saturated heterocycles. The zero-order valence-corrected chi connectivity index (χ0v) is 18.2. The SMILES string of the molecule is COc1ccc(S(=O)(=O)N(CC(=O)NN=C2CCCCC2)c2cccc(Cl)c2)cc1. The lowest BCUT2D eigenvalue weighted by molar-refractivity contribution is -0.119. The molecule has 0 atom stereocenters. The molecule has 9 heteroatoms. The summed E-state index contributed by atoms with van der Waals surface area (Å²) in [5.41, 5.74) is 3.72. The summed E-state index contributed by atoms with van der Waals surface area (Å²) in [6, 6.07) is 12.3. The number of carbonyl (C=O) groups is 1. The van der Waals surface area contributed by atoms with E-state index in [0.717, 1.165) is 42.1 Å². The van der Waals surface area contributed by atoms with E-state index in [4.69, 9.17) is 16.3 Å². The van der Waals surface area contributed by atoms with Crippen LogP contribution in [-0.4, -0.2) is 33.7 Å². The van der Waals surface area contributed by atoms with E-state index in [1.807, 2.05) is 0 Å². The van der Waals surface area contributed by atoms with Crippen molar-refractivity contribution in [3.8, 4) is 5.75 Å². The van der Waals surface area contributed by atoms with Crippen molar-refractivity contribution in [1.82, 2.24) is 5.43 Å². The molecule has 7 nitrogen and oxygen atoms in total. The maximum atomic E-state index is 13.3. The fourth-order valence-electron chi connectivity index (χ4n) is 3.20. The first-order valence-corrected chi connectivity index (χ1v) is 11.5. The molecule has 0 heterocycles. The highest BCUT2D eigenvalue weighted by Crippen LogP contribution is 2.27. The third-order valence-electron chi connectivity index (χ3n) is 4.80. The van der Waals surface area contributed by atoms with Gasteiger partial charge in [0.25, 0.3) is 15.9 Å². The number of hydrazone groups is 1. The molecule has 1 amide bonds. The summed E-state index contributed by atoms with van der Waals surface area (Å²) < 4.78 is 32.7. The van der Waals surface area contributed by atoms with Gasteiger partial charge in [-0.3, -0.25) is 9.10 Å². The van der Waals surface area contributed by atoms with Gasteiger partial charge in [-0.15, -0.1) is 0 Å². The molecule has 0 aromatic heterocycles. The topological polar surface area (TPSA) is 88.1 Å². The summed E-state index contributed by atoms with van der Waals surface area (Å²) >= 11 is 6.06. The zero-order valence-electron chi connectivity index (χ0n) is 16.7. The molecule has 0 spiro atoms. The van der Waals surface area contributed by atoms with Gasteiger partial charge in [-0.25, -0.2) is 13.8 Å². The molecular weight excluding hydrogens is 426 g/mol. The van der Waals surface area contributed by atoms with Crippen molar-refractivity contribution in [2.45, 2.75) is 37.0 Å². The van der Waals surface area contributed by atoms with Crippen LogP contribution in [0.25, 0.3) is 0 Å². The number of amides is 1. The normalized spacial score (nSPS) is 14.1. The Morgan fingerprint density at radius 3 is 2.47 bits per heavy atom. The molecule has 3 rings (SSSR count). The molecule has 1 N–H and O–H groups in total. The second-order valence-electron chi connectivity index (χ2n) is 6.94. The van der Waals surface area contributed by atoms with Crippen molar-refractivity contribution in [2.75, 3.05) is 18.0 Å². The van der Waals surface area contributed by atoms with Crippen LogP contribution in [0, 0.1) is 0 Å². The minimum Gasteiger partial charge on any atom is -0.497 e. The predicted octanol–water partition coefficient (Wildman–Crippen LogP) is 3.98. The summed E-state index contributed by atoms with van der Waals surface area (Å²) in [7, 11) is -2.52. The summed E-state index contributed by atoms with van der Waals surface area (Å²) in [5.74, 6) is 0.00874. The lowest BCUT2D eigenvalue weighted by Crippen LogP contribution is -2.39. The Hall–Kier alpha value is -2.58. The number of benzene rings is 2. The third kappa shape index (κ3) is 5.52. The maximum Gasteiger partial charge on any atom is 0.264 e. The van der Waals surface area contributed by atoms with Crippen LogP contribution in [0.15, 0.2) is 58.5 Å². The molecule has 160 valence electrons. The van der Waals surface area contributed by atoms with Crippen molar-refractivity contribution >= 4 is 38.9 Å². The third-order valence-corrected chi connectivity index (χ3v) is 6.82. The van der Waals surface area contributed by atoms with Crippen LogP contribution >= 0.6 is 11.6 Å². The van der Waals surface area contributed by atoms with Crippen molar-refractivity contribution in [3.05, 3.63) is 53.6 Å². The van der Waals surface area contributed by atoms with Gasteiger partial charge in [-0.1, -0.05) is 24.1 Å². The van der Waals surface area contributed by atoms with Gasteiger partial charge in [0.15, 0.2) is 0 Å². The monoisotopic (exact) mass is 449 g/mol. The number of hydrogen-bond donors (Lipinski definition) is 1. The van der Waals surface area contributed by atoms with Gasteiger partial charge in [0.2, 0.25) is 0 Å². The largest absolute Gasteiger partial charge is 0.497 e. The first-order chi connectivity index (χ1) is 14.4. The standard InChI is InChI=1S/C21H24ClN3O4S/c1-29-19-10-12-20(13-11-19)30(27,28)25(18-9-5-6-16(22)14-18)15-21(26)24-23-17-7-3-2-4-8-17/h5-6,9-14H,2-4,7-8,15H2,1H3,(H,24,26). The van der Waals surface area contributed by atoms with E-state index in [1.165, 1.54) is 25.3 Å². The van der Waals surface area contributed by atoms with Crippen molar-refractivity contribution in [2.24, 2.45) is 5.10 Å². The average Bonchev–Trinajstić information content (AvgIpc) is 2.76. The summed E-state index contributed by atoms with van der Waals surface area (Å²) in [6.45, 7) is -0.425. The Balaban J connectivity index is 1.87. The molecular formula is C21H24ClN3O4S. The molecule has 2 aromatic carbocycles. The number of hydrogen-bond acceptors (Lipinski definition) is 5. The molecule has 1 aliphatic carbocycles. The van der Waals surface area contributed by atoms with Crippen LogP contribution in [0.3, 0.4) is 0 Å². The van der Waals surface area contributed by atoms with Crippen molar-refractivity contribution in [1.29, 1.82) is 0 Å². The van der Waals surface area contributed by atoms with E-state index >= 15 is 0 Å². The minimum absolute atomic E-state index is 0.0367. The molecule has 30 heavy (non-hydrogen) atoms. The number of carbonyl (C=O) groups excluding carboxylic acids is 1. The maximum absolute atomic E-state index is 13.3. The molecule has 1 aliphatic rings. The quantitative estimate of drug-likeness (QED) is 0.647. The summed E-state index contributed by atoms with van der Waals surface area (Å²) in [5, 5.41) is 4.54. The summed E-state index contributed by atoms with van der Waals surface area (Å²) in [6.07, 6.45) is 4.96. The van der Waals surface area contributed by atoms with Gasteiger partial charge in [0.1, 0.15) is 12.3 Å². The molecule has 0 bridgehead atoms. The zero-order chi connectivity index (χ0) is 21.6. The number of halogens is 1. The van der Waals surface area contributed by atoms with Gasteiger partial charge >= 0.3 is 0 Å². The molecule has 1 saturated carbocycles. The number of ether oxygens (including phenoxy) is 1.